The third kappa shape index (κ3) is 2.16. The maximum Gasteiger partial charge on any atom is 0.185 e. The minimum absolute atomic E-state index is 0.105. The summed E-state index contributed by atoms with van der Waals surface area (Å²) in [5.74, 6) is 1.54. The third-order valence-corrected chi connectivity index (χ3v) is 4.48. The normalized spacial score (nSPS) is 28.4. The molecule has 1 aliphatic heterocycles. The lowest BCUT2D eigenvalue weighted by Gasteiger charge is -2.13. The van der Waals surface area contributed by atoms with Crippen LogP contribution in [0.15, 0.2) is 6.20 Å². The van der Waals surface area contributed by atoms with Crippen LogP contribution in [0.25, 0.3) is 0 Å². The van der Waals surface area contributed by atoms with Crippen LogP contribution in [-0.2, 0) is 0 Å². The van der Waals surface area contributed by atoms with Gasteiger partial charge in [-0.2, -0.15) is 0 Å². The molecule has 0 amide bonds. The molecular weight excluding hydrogens is 206 g/mol. The number of nitrogens with zero attached hydrogens (tertiary/aromatic N) is 2. The average Bonchev–Trinajstić information content (AvgIpc) is 2.74. The second-order valence-electron chi connectivity index (χ2n) is 4.69. The topological polar surface area (TPSA) is 42.1 Å². The fraction of sp³-hybridized carbons (Fsp3) is 0.727. The van der Waals surface area contributed by atoms with Crippen LogP contribution in [0, 0.1) is 11.8 Å². The molecule has 15 heavy (non-hydrogen) atoms. The molecule has 2 rings (SSSR count). The summed E-state index contributed by atoms with van der Waals surface area (Å²) < 4.78 is 0. The molecular formula is C11H19N3S. The molecule has 0 radical (unpaired) electrons. The molecule has 1 saturated heterocycles. The number of thiazole rings is 1. The molecule has 1 fully saturated rings. The largest absolute Gasteiger partial charge is 0.348 e. The van der Waals surface area contributed by atoms with Gasteiger partial charge < -0.3 is 10.6 Å². The minimum Gasteiger partial charge on any atom is -0.348 e. The molecule has 0 aromatic carbocycles. The second-order valence-corrected chi connectivity index (χ2v) is 5.73. The van der Waals surface area contributed by atoms with Gasteiger partial charge in [0.1, 0.15) is 0 Å². The molecule has 1 aliphatic rings. The molecule has 2 heterocycles. The van der Waals surface area contributed by atoms with E-state index in [-0.39, 0.29) is 6.04 Å². The molecule has 3 unspecified atom stereocenters. The van der Waals surface area contributed by atoms with Gasteiger partial charge >= 0.3 is 0 Å². The maximum atomic E-state index is 5.83. The summed E-state index contributed by atoms with van der Waals surface area (Å²) in [4.78, 5) is 8.01. The first-order valence-corrected chi connectivity index (χ1v) is 6.36. The van der Waals surface area contributed by atoms with Gasteiger partial charge in [0.15, 0.2) is 5.13 Å². The fourth-order valence-electron chi connectivity index (χ4n) is 1.92. The van der Waals surface area contributed by atoms with Crippen LogP contribution >= 0.6 is 11.3 Å². The highest BCUT2D eigenvalue weighted by Crippen LogP contribution is 2.32. The molecule has 0 spiro atoms. The molecule has 1 aromatic rings. The Balaban J connectivity index is 2.10. The highest BCUT2D eigenvalue weighted by atomic mass is 32.1. The van der Waals surface area contributed by atoms with Gasteiger partial charge in [0.25, 0.3) is 0 Å². The molecule has 0 bridgehead atoms. The van der Waals surface area contributed by atoms with Gasteiger partial charge in [0.05, 0.1) is 0 Å². The number of nitrogens with two attached hydrogens (primary N) is 1. The van der Waals surface area contributed by atoms with Crippen LogP contribution in [0.1, 0.15) is 31.7 Å². The maximum absolute atomic E-state index is 5.83. The van der Waals surface area contributed by atoms with E-state index in [4.69, 9.17) is 5.73 Å². The summed E-state index contributed by atoms with van der Waals surface area (Å²) in [6.45, 7) is 8.89. The zero-order valence-corrected chi connectivity index (χ0v) is 10.4. The lowest BCUT2D eigenvalue weighted by atomic mass is 10.0. The van der Waals surface area contributed by atoms with Crippen LogP contribution in [-0.4, -0.2) is 18.1 Å². The number of hydrogen-bond donors (Lipinski definition) is 1. The minimum atomic E-state index is 0.105. The predicted octanol–water partition coefficient (Wildman–Crippen LogP) is 2.26. The SMILES string of the molecule is CC(N)c1cnc(N2CC(C)C(C)C2)s1. The standard InChI is InChI=1S/C11H19N3S/c1-7-5-14(6-8(7)2)11-13-4-10(15-11)9(3)12/h4,7-9H,5-6,12H2,1-3H3. The smallest absolute Gasteiger partial charge is 0.185 e. The van der Waals surface area contributed by atoms with Crippen LogP contribution in [0.5, 0.6) is 0 Å². The van der Waals surface area contributed by atoms with E-state index in [9.17, 15) is 0 Å². The van der Waals surface area contributed by atoms with Crippen molar-refractivity contribution in [2.24, 2.45) is 17.6 Å². The number of rotatable bonds is 2. The lowest BCUT2D eigenvalue weighted by molar-refractivity contribution is 0.494. The fourth-order valence-corrected chi connectivity index (χ4v) is 2.81. The Morgan fingerprint density at radius 2 is 2.07 bits per heavy atom. The molecule has 3 nitrogen and oxygen atoms in total. The van der Waals surface area contributed by atoms with Gasteiger partial charge in [-0.1, -0.05) is 13.8 Å². The first kappa shape index (κ1) is 10.9. The van der Waals surface area contributed by atoms with Gasteiger partial charge in [-0.15, -0.1) is 11.3 Å². The summed E-state index contributed by atoms with van der Waals surface area (Å²) in [5, 5.41) is 1.14. The molecule has 84 valence electrons. The van der Waals surface area contributed by atoms with Gasteiger partial charge in [-0.25, -0.2) is 4.98 Å². The summed E-state index contributed by atoms with van der Waals surface area (Å²) in [7, 11) is 0. The van der Waals surface area contributed by atoms with E-state index in [0.717, 1.165) is 30.1 Å². The first-order chi connectivity index (χ1) is 7.08. The van der Waals surface area contributed by atoms with Gasteiger partial charge in [-0.05, 0) is 18.8 Å². The van der Waals surface area contributed by atoms with Gasteiger partial charge in [0, 0.05) is 30.2 Å². The van der Waals surface area contributed by atoms with Crippen LogP contribution in [0.4, 0.5) is 5.13 Å². The number of aromatic nitrogens is 1. The molecule has 3 atom stereocenters. The predicted molar refractivity (Wildman–Crippen MR) is 65.3 cm³/mol. The average molecular weight is 225 g/mol. The van der Waals surface area contributed by atoms with E-state index in [0.29, 0.717) is 0 Å². The Morgan fingerprint density at radius 3 is 2.53 bits per heavy atom. The number of hydrogen-bond acceptors (Lipinski definition) is 4. The van der Waals surface area contributed by atoms with E-state index in [1.807, 2.05) is 13.1 Å². The summed E-state index contributed by atoms with van der Waals surface area (Å²) in [6, 6.07) is 0.105. The third-order valence-electron chi connectivity index (χ3n) is 3.22. The zero-order valence-electron chi connectivity index (χ0n) is 9.60. The van der Waals surface area contributed by atoms with Gasteiger partial charge in [0.2, 0.25) is 0 Å². The van der Waals surface area contributed by atoms with Crippen molar-refractivity contribution < 1.29 is 0 Å². The van der Waals surface area contributed by atoms with Crippen LogP contribution in [0.3, 0.4) is 0 Å². The highest BCUT2D eigenvalue weighted by molar-refractivity contribution is 7.15. The second kappa shape index (κ2) is 4.10. The monoisotopic (exact) mass is 225 g/mol. The summed E-state index contributed by atoms with van der Waals surface area (Å²) >= 11 is 1.73. The van der Waals surface area contributed by atoms with Crippen molar-refractivity contribution in [1.82, 2.24) is 4.98 Å². The molecule has 1 aromatic heterocycles. The Morgan fingerprint density at radius 1 is 1.47 bits per heavy atom. The van der Waals surface area contributed by atoms with E-state index in [1.54, 1.807) is 11.3 Å². The molecule has 0 saturated carbocycles. The Bertz CT molecular complexity index is 324. The number of anilines is 1. The molecule has 0 aliphatic carbocycles. The van der Waals surface area contributed by atoms with Crippen molar-refractivity contribution in [3.63, 3.8) is 0 Å². The Hall–Kier alpha value is -0.610. The Kier molecular flexibility index (Phi) is 2.98. The van der Waals surface area contributed by atoms with E-state index in [1.165, 1.54) is 4.88 Å². The van der Waals surface area contributed by atoms with Crippen LogP contribution in [0.2, 0.25) is 0 Å². The molecule has 4 heteroatoms. The first-order valence-electron chi connectivity index (χ1n) is 5.54. The highest BCUT2D eigenvalue weighted by Gasteiger charge is 2.27. The quantitative estimate of drug-likeness (QED) is 0.839. The van der Waals surface area contributed by atoms with Crippen LogP contribution < -0.4 is 10.6 Å². The lowest BCUT2D eigenvalue weighted by Crippen LogP contribution is -2.19. The molecule has 2 N–H and O–H groups in total. The van der Waals surface area contributed by atoms with Crippen molar-refractivity contribution >= 4 is 16.5 Å². The van der Waals surface area contributed by atoms with Crippen molar-refractivity contribution in [1.29, 1.82) is 0 Å². The summed E-state index contributed by atoms with van der Waals surface area (Å²) in [5.41, 5.74) is 5.83. The Labute approximate surface area is 95.3 Å². The van der Waals surface area contributed by atoms with E-state index < -0.39 is 0 Å². The van der Waals surface area contributed by atoms with E-state index >= 15 is 0 Å². The van der Waals surface area contributed by atoms with Crippen molar-refractivity contribution in [3.8, 4) is 0 Å². The van der Waals surface area contributed by atoms with Crippen molar-refractivity contribution in [3.05, 3.63) is 11.1 Å². The summed E-state index contributed by atoms with van der Waals surface area (Å²) in [6.07, 6.45) is 1.92. The van der Waals surface area contributed by atoms with Crippen molar-refractivity contribution in [2.45, 2.75) is 26.8 Å². The van der Waals surface area contributed by atoms with Crippen molar-refractivity contribution in [2.75, 3.05) is 18.0 Å². The van der Waals surface area contributed by atoms with Gasteiger partial charge in [-0.3, -0.25) is 0 Å². The zero-order chi connectivity index (χ0) is 11.0. The van der Waals surface area contributed by atoms with E-state index in [2.05, 4.69) is 23.7 Å².